The number of nitrogens with zero attached hydrogens (tertiary/aromatic N) is 2. The molecule has 154 valence electrons. The van der Waals surface area contributed by atoms with Gasteiger partial charge in [-0.05, 0) is 12.5 Å². The van der Waals surface area contributed by atoms with Crippen LogP contribution < -0.4 is 15.4 Å². The number of hydrogen-bond donors (Lipinski definition) is 3. The first-order valence-electron chi connectivity index (χ1n) is 9.10. The highest BCUT2D eigenvalue weighted by Crippen LogP contribution is 2.33. The van der Waals surface area contributed by atoms with Crippen molar-refractivity contribution in [1.82, 2.24) is 20.5 Å². The number of carbonyl (C=O) groups is 2. The van der Waals surface area contributed by atoms with Crippen LogP contribution in [0.4, 0.5) is 14.5 Å². The molecule has 1 aliphatic heterocycles. The van der Waals surface area contributed by atoms with E-state index < -0.39 is 29.5 Å². The van der Waals surface area contributed by atoms with Crippen LogP contribution in [-0.4, -0.2) is 39.6 Å². The van der Waals surface area contributed by atoms with Crippen LogP contribution in [-0.2, 0) is 11.2 Å². The van der Waals surface area contributed by atoms with Gasteiger partial charge in [0.2, 0.25) is 5.82 Å². The molecule has 2 heterocycles. The number of aromatic nitrogens is 3. The van der Waals surface area contributed by atoms with Crippen LogP contribution in [0.25, 0.3) is 0 Å². The lowest BCUT2D eigenvalue weighted by Gasteiger charge is -2.13. The van der Waals surface area contributed by atoms with E-state index >= 15 is 0 Å². The largest absolute Gasteiger partial charge is 0.488 e. The van der Waals surface area contributed by atoms with Crippen LogP contribution in [0.3, 0.4) is 0 Å². The number of fused-ring (bicyclic) bond motifs is 1. The summed E-state index contributed by atoms with van der Waals surface area (Å²) in [6.07, 6.45) is 0.452. The molecular weight excluding hydrogens is 396 g/mol. The van der Waals surface area contributed by atoms with Crippen molar-refractivity contribution in [2.45, 2.75) is 19.4 Å². The molecule has 0 saturated carbocycles. The number of ether oxygens (including phenoxy) is 1. The van der Waals surface area contributed by atoms with E-state index in [1.807, 2.05) is 30.3 Å². The van der Waals surface area contributed by atoms with Crippen molar-refractivity contribution in [3.8, 4) is 5.75 Å². The zero-order chi connectivity index (χ0) is 21.3. The number of carbonyl (C=O) groups excluding carboxylic acids is 2. The third kappa shape index (κ3) is 3.84. The fraction of sp³-hybridized carbons (Fsp3) is 0.200. The fourth-order valence-electron chi connectivity index (χ4n) is 2.98. The van der Waals surface area contributed by atoms with Crippen molar-refractivity contribution in [3.05, 3.63) is 70.8 Å². The molecule has 30 heavy (non-hydrogen) atoms. The van der Waals surface area contributed by atoms with Crippen molar-refractivity contribution in [2.75, 3.05) is 11.9 Å². The van der Waals surface area contributed by atoms with E-state index in [0.717, 1.165) is 11.6 Å². The zero-order valence-corrected chi connectivity index (χ0v) is 15.8. The molecule has 1 aliphatic rings. The van der Waals surface area contributed by atoms with Crippen LogP contribution in [0.2, 0.25) is 0 Å². The first kappa shape index (κ1) is 19.5. The summed E-state index contributed by atoms with van der Waals surface area (Å²) in [5, 5.41) is 11.3. The quantitative estimate of drug-likeness (QED) is 0.607. The molecule has 0 spiro atoms. The SMILES string of the molecule is Cc1c(F)cc2c(c1F)NC(=O)[C@@H](NC(=O)c1n[nH]c(Cc3ccccc3)n1)CO2. The molecular formula is C20H17F2N5O3. The Bertz CT molecular complexity index is 1120. The van der Waals surface area contributed by atoms with E-state index in [1.165, 1.54) is 6.92 Å². The highest BCUT2D eigenvalue weighted by Gasteiger charge is 2.30. The number of H-pyrrole nitrogens is 1. The van der Waals surface area contributed by atoms with Gasteiger partial charge < -0.3 is 15.4 Å². The maximum absolute atomic E-state index is 14.3. The Morgan fingerprint density at radius 3 is 2.83 bits per heavy atom. The van der Waals surface area contributed by atoms with E-state index in [2.05, 4.69) is 25.8 Å². The Morgan fingerprint density at radius 2 is 2.07 bits per heavy atom. The van der Waals surface area contributed by atoms with Crippen molar-refractivity contribution >= 4 is 17.5 Å². The molecule has 3 aromatic rings. The average Bonchev–Trinajstić information content (AvgIpc) is 3.14. The predicted molar refractivity (Wildman–Crippen MR) is 102 cm³/mol. The van der Waals surface area contributed by atoms with Gasteiger partial charge in [-0.3, -0.25) is 14.7 Å². The van der Waals surface area contributed by atoms with Gasteiger partial charge >= 0.3 is 0 Å². The molecule has 3 N–H and O–H groups in total. The van der Waals surface area contributed by atoms with E-state index in [-0.39, 0.29) is 29.4 Å². The summed E-state index contributed by atoms with van der Waals surface area (Å²) in [4.78, 5) is 29.0. The Labute approximate surface area is 169 Å². The summed E-state index contributed by atoms with van der Waals surface area (Å²) in [6, 6.07) is 9.33. The summed E-state index contributed by atoms with van der Waals surface area (Å²) in [5.41, 5.74) is 0.477. The number of aromatic amines is 1. The van der Waals surface area contributed by atoms with Crippen LogP contribution in [0.5, 0.6) is 5.75 Å². The normalized spacial score (nSPS) is 15.6. The second kappa shape index (κ2) is 7.90. The van der Waals surface area contributed by atoms with Gasteiger partial charge in [-0.1, -0.05) is 30.3 Å². The van der Waals surface area contributed by atoms with E-state index in [4.69, 9.17) is 4.74 Å². The van der Waals surface area contributed by atoms with Crippen LogP contribution in [0.15, 0.2) is 36.4 Å². The number of anilines is 1. The smallest absolute Gasteiger partial charge is 0.291 e. The lowest BCUT2D eigenvalue weighted by atomic mass is 10.1. The third-order valence-corrected chi connectivity index (χ3v) is 4.64. The van der Waals surface area contributed by atoms with Crippen LogP contribution >= 0.6 is 0 Å². The summed E-state index contributed by atoms with van der Waals surface area (Å²) < 4.78 is 33.4. The summed E-state index contributed by atoms with van der Waals surface area (Å²) in [7, 11) is 0. The van der Waals surface area contributed by atoms with Crippen molar-refractivity contribution in [1.29, 1.82) is 0 Å². The van der Waals surface area contributed by atoms with Crippen molar-refractivity contribution in [3.63, 3.8) is 0 Å². The summed E-state index contributed by atoms with van der Waals surface area (Å²) in [6.45, 7) is 0.936. The van der Waals surface area contributed by atoms with Crippen LogP contribution in [0.1, 0.15) is 27.6 Å². The Hall–Kier alpha value is -3.82. The minimum absolute atomic E-state index is 0.149. The first-order chi connectivity index (χ1) is 14.4. The number of amides is 2. The molecule has 2 amide bonds. The van der Waals surface area contributed by atoms with Gasteiger partial charge in [0.15, 0.2) is 5.82 Å². The summed E-state index contributed by atoms with van der Waals surface area (Å²) >= 11 is 0. The standard InChI is InChI=1S/C20H17F2N5O3/c1-10-12(21)8-14-17(16(10)22)25-19(28)13(9-30-14)23-20(29)18-24-15(26-27-18)7-11-5-3-2-4-6-11/h2-6,8,13H,7,9H2,1H3,(H,23,29)(H,25,28)(H,24,26,27)/t13-/m0/s1. The number of hydrogen-bond acceptors (Lipinski definition) is 5. The lowest BCUT2D eigenvalue weighted by Crippen LogP contribution is -2.46. The van der Waals surface area contributed by atoms with Crippen molar-refractivity contribution in [2.24, 2.45) is 0 Å². The average molecular weight is 413 g/mol. The molecule has 8 nitrogen and oxygen atoms in total. The molecule has 0 unspecified atom stereocenters. The molecule has 1 atom stereocenters. The van der Waals surface area contributed by atoms with Crippen molar-refractivity contribution < 1.29 is 23.1 Å². The molecule has 0 fully saturated rings. The van der Waals surface area contributed by atoms with E-state index in [1.54, 1.807) is 0 Å². The van der Waals surface area contributed by atoms with E-state index in [0.29, 0.717) is 12.2 Å². The zero-order valence-electron chi connectivity index (χ0n) is 15.8. The third-order valence-electron chi connectivity index (χ3n) is 4.64. The first-order valence-corrected chi connectivity index (χ1v) is 9.10. The molecule has 0 radical (unpaired) electrons. The highest BCUT2D eigenvalue weighted by atomic mass is 19.1. The van der Waals surface area contributed by atoms with Gasteiger partial charge in [-0.2, -0.15) is 0 Å². The second-order valence-electron chi connectivity index (χ2n) is 6.76. The molecule has 0 bridgehead atoms. The minimum atomic E-state index is -1.15. The van der Waals surface area contributed by atoms with Gasteiger partial charge in [0.25, 0.3) is 11.8 Å². The lowest BCUT2D eigenvalue weighted by molar-refractivity contribution is -0.118. The monoisotopic (exact) mass is 413 g/mol. The number of nitrogens with one attached hydrogen (secondary N) is 3. The summed E-state index contributed by atoms with van der Waals surface area (Å²) in [5.74, 6) is -2.95. The Balaban J connectivity index is 1.45. The Kier molecular flexibility index (Phi) is 5.13. The van der Waals surface area contributed by atoms with Gasteiger partial charge in [0.1, 0.15) is 35.7 Å². The Morgan fingerprint density at radius 1 is 1.30 bits per heavy atom. The molecule has 0 saturated heterocycles. The van der Waals surface area contributed by atoms with Gasteiger partial charge in [-0.15, -0.1) is 5.10 Å². The van der Waals surface area contributed by atoms with Crippen LogP contribution in [0, 0.1) is 18.6 Å². The molecule has 1 aromatic heterocycles. The fourth-order valence-corrected chi connectivity index (χ4v) is 2.98. The number of halogens is 2. The topological polar surface area (TPSA) is 109 Å². The maximum Gasteiger partial charge on any atom is 0.291 e. The predicted octanol–water partition coefficient (Wildman–Crippen LogP) is 2.11. The minimum Gasteiger partial charge on any atom is -0.488 e. The van der Waals surface area contributed by atoms with Gasteiger partial charge in [-0.25, -0.2) is 13.8 Å². The number of benzene rings is 2. The number of rotatable bonds is 4. The maximum atomic E-state index is 14.3. The molecule has 4 rings (SSSR count). The molecule has 2 aromatic carbocycles. The van der Waals surface area contributed by atoms with Gasteiger partial charge in [0, 0.05) is 18.1 Å². The second-order valence-corrected chi connectivity index (χ2v) is 6.76. The molecule has 10 heteroatoms. The van der Waals surface area contributed by atoms with E-state index in [9.17, 15) is 18.4 Å². The molecule has 0 aliphatic carbocycles. The highest BCUT2D eigenvalue weighted by molar-refractivity contribution is 6.01. The van der Waals surface area contributed by atoms with Gasteiger partial charge in [0.05, 0.1) is 0 Å².